The van der Waals surface area contributed by atoms with E-state index in [1.807, 2.05) is 57.2 Å². The van der Waals surface area contributed by atoms with E-state index in [9.17, 15) is 4.79 Å². The molecule has 1 radical (unpaired) electrons. The molecule has 5 heteroatoms. The molecule has 0 fully saturated rings. The van der Waals surface area contributed by atoms with Gasteiger partial charge in [-0.2, -0.15) is 0 Å². The Bertz CT molecular complexity index is 771. The number of carbonyl (C=O) groups excluding carboxylic acids is 1. The van der Waals surface area contributed by atoms with Crippen molar-refractivity contribution < 1.29 is 14.3 Å². The van der Waals surface area contributed by atoms with Crippen molar-refractivity contribution in [2.45, 2.75) is 66.6 Å². The number of ether oxygens (including phenoxy) is 2. The van der Waals surface area contributed by atoms with Gasteiger partial charge in [-0.15, -0.1) is 0 Å². The number of benzene rings is 2. The Morgan fingerprint density at radius 3 is 2.11 bits per heavy atom. The Morgan fingerprint density at radius 2 is 1.54 bits per heavy atom. The predicted octanol–water partition coefficient (Wildman–Crippen LogP) is 5.42. The molecule has 0 saturated carbocycles. The van der Waals surface area contributed by atoms with Crippen LogP contribution in [0.2, 0.25) is 0 Å². The number of aryl methyl sites for hydroxylation is 2. The van der Waals surface area contributed by atoms with Crippen LogP contribution in [-0.2, 0) is 0 Å². The van der Waals surface area contributed by atoms with Gasteiger partial charge in [0, 0.05) is 35.8 Å². The zero-order valence-electron chi connectivity index (χ0n) is 18.3. The van der Waals surface area contributed by atoms with Crippen molar-refractivity contribution >= 4 is 38.3 Å². The van der Waals surface area contributed by atoms with Crippen LogP contribution in [0.5, 0.6) is 11.5 Å². The summed E-state index contributed by atoms with van der Waals surface area (Å²) in [6, 6.07) is 11.8. The van der Waals surface area contributed by atoms with E-state index in [2.05, 4.69) is 20.8 Å². The van der Waals surface area contributed by atoms with Crippen LogP contribution >= 0.6 is 8.58 Å². The van der Waals surface area contributed by atoms with E-state index in [4.69, 9.17) is 9.47 Å². The Morgan fingerprint density at radius 1 is 0.964 bits per heavy atom. The summed E-state index contributed by atoms with van der Waals surface area (Å²) in [5, 5.41) is 0.930. The molecule has 3 unspecified atom stereocenters. The molecule has 0 aliphatic heterocycles. The standard InChI is InChI=1S/C23H31O3P.Li/c1-7-17(5)25-19-12-13-21(20(14-19)26-18(6)8-2)27-23(24)22-15(3)10-9-11-16(22)4;/h9-14,17-18,27H,7-8H2,1-6H3;. The minimum absolute atomic E-state index is 0. The van der Waals surface area contributed by atoms with Crippen LogP contribution in [0.15, 0.2) is 36.4 Å². The molecule has 2 aromatic rings. The van der Waals surface area contributed by atoms with Crippen LogP contribution in [0.3, 0.4) is 0 Å². The minimum Gasteiger partial charge on any atom is -0.491 e. The fourth-order valence-electron chi connectivity index (χ4n) is 2.75. The second-order valence-electron chi connectivity index (χ2n) is 7.05. The minimum atomic E-state index is 0. The predicted molar refractivity (Wildman–Crippen MR) is 121 cm³/mol. The maximum Gasteiger partial charge on any atom is 0.186 e. The molecule has 2 aromatic carbocycles. The Hall–Kier alpha value is -1.26. The summed E-state index contributed by atoms with van der Waals surface area (Å²) in [6.07, 6.45) is 2.08. The molecule has 0 spiro atoms. The molecule has 28 heavy (non-hydrogen) atoms. The molecule has 0 aliphatic rings. The van der Waals surface area contributed by atoms with E-state index in [0.29, 0.717) is 0 Å². The molecule has 0 amide bonds. The molecule has 0 bridgehead atoms. The smallest absolute Gasteiger partial charge is 0.186 e. The molecule has 0 aliphatic carbocycles. The fourth-order valence-corrected chi connectivity index (χ4v) is 3.93. The van der Waals surface area contributed by atoms with Gasteiger partial charge in [0.25, 0.3) is 0 Å². The van der Waals surface area contributed by atoms with Gasteiger partial charge in [0.05, 0.1) is 12.2 Å². The Balaban J connectivity index is 0.00000392. The second kappa shape index (κ2) is 11.7. The molecule has 0 aromatic heterocycles. The van der Waals surface area contributed by atoms with Crippen LogP contribution in [0.25, 0.3) is 0 Å². The van der Waals surface area contributed by atoms with Crippen molar-refractivity contribution in [1.29, 1.82) is 0 Å². The summed E-state index contributed by atoms with van der Waals surface area (Å²) in [6.45, 7) is 12.3. The molecule has 0 heterocycles. The van der Waals surface area contributed by atoms with Gasteiger partial charge in [0.15, 0.2) is 5.52 Å². The van der Waals surface area contributed by atoms with Crippen LogP contribution in [0.1, 0.15) is 62.0 Å². The topological polar surface area (TPSA) is 35.5 Å². The first-order valence-corrected chi connectivity index (χ1v) is 10.7. The average molecular weight is 393 g/mol. The van der Waals surface area contributed by atoms with Gasteiger partial charge in [-0.25, -0.2) is 0 Å². The van der Waals surface area contributed by atoms with Gasteiger partial charge in [-0.1, -0.05) is 32.0 Å². The maximum absolute atomic E-state index is 13.0. The molecular formula is C23H31LiO3P. The number of rotatable bonds is 9. The molecule has 0 N–H and O–H groups in total. The third-order valence-electron chi connectivity index (χ3n) is 4.72. The zero-order chi connectivity index (χ0) is 20.0. The largest absolute Gasteiger partial charge is 0.491 e. The third kappa shape index (κ3) is 6.66. The van der Waals surface area contributed by atoms with Gasteiger partial charge >= 0.3 is 0 Å². The quantitative estimate of drug-likeness (QED) is 0.421. The molecular weight excluding hydrogens is 362 g/mol. The molecule has 2 rings (SSSR count). The molecule has 3 nitrogen and oxygen atoms in total. The van der Waals surface area contributed by atoms with Crippen molar-refractivity contribution in [3.8, 4) is 11.5 Å². The van der Waals surface area contributed by atoms with Crippen molar-refractivity contribution in [3.05, 3.63) is 53.1 Å². The molecule has 3 atom stereocenters. The van der Waals surface area contributed by atoms with Gasteiger partial charge in [-0.3, -0.25) is 4.79 Å². The molecule has 0 saturated heterocycles. The van der Waals surface area contributed by atoms with Crippen LogP contribution in [0, 0.1) is 13.8 Å². The van der Waals surface area contributed by atoms with Gasteiger partial charge in [0.2, 0.25) is 0 Å². The third-order valence-corrected chi connectivity index (χ3v) is 5.88. The van der Waals surface area contributed by atoms with E-state index < -0.39 is 0 Å². The number of hydrogen-bond donors (Lipinski definition) is 0. The van der Waals surface area contributed by atoms with Gasteiger partial charge in [-0.05, 0) is 72.4 Å². The van der Waals surface area contributed by atoms with Crippen molar-refractivity contribution in [3.63, 3.8) is 0 Å². The normalized spacial score (nSPS) is 13.1. The van der Waals surface area contributed by atoms with Crippen molar-refractivity contribution in [2.75, 3.05) is 0 Å². The summed E-state index contributed by atoms with van der Waals surface area (Å²) in [7, 11) is 0.0213. The van der Waals surface area contributed by atoms with E-state index in [1.165, 1.54) is 0 Å². The van der Waals surface area contributed by atoms with Crippen LogP contribution in [0.4, 0.5) is 0 Å². The molecule has 147 valence electrons. The summed E-state index contributed by atoms with van der Waals surface area (Å²) >= 11 is 0. The number of carbonyl (C=O) groups is 1. The zero-order valence-corrected chi connectivity index (χ0v) is 19.3. The summed E-state index contributed by atoms with van der Waals surface area (Å²) < 4.78 is 12.1. The maximum atomic E-state index is 13.0. The fraction of sp³-hybridized carbons (Fsp3) is 0.435. The van der Waals surface area contributed by atoms with E-state index >= 15 is 0 Å². The van der Waals surface area contributed by atoms with E-state index in [1.54, 1.807) is 0 Å². The van der Waals surface area contributed by atoms with Crippen LogP contribution in [-0.4, -0.2) is 36.6 Å². The van der Waals surface area contributed by atoms with Crippen molar-refractivity contribution in [2.24, 2.45) is 0 Å². The van der Waals surface area contributed by atoms with E-state index in [0.717, 1.165) is 46.3 Å². The summed E-state index contributed by atoms with van der Waals surface area (Å²) in [5.41, 5.74) is 3.02. The summed E-state index contributed by atoms with van der Waals surface area (Å²) in [4.78, 5) is 13.0. The van der Waals surface area contributed by atoms with Gasteiger partial charge < -0.3 is 9.47 Å². The average Bonchev–Trinajstić information content (AvgIpc) is 2.63. The van der Waals surface area contributed by atoms with Gasteiger partial charge in [0.1, 0.15) is 11.5 Å². The number of hydrogen-bond acceptors (Lipinski definition) is 3. The first-order valence-electron chi connectivity index (χ1n) is 9.70. The first-order chi connectivity index (χ1) is 12.8. The summed E-state index contributed by atoms with van der Waals surface area (Å²) in [5.74, 6) is 1.54. The van der Waals surface area contributed by atoms with Crippen LogP contribution < -0.4 is 14.8 Å². The van der Waals surface area contributed by atoms with Crippen molar-refractivity contribution in [1.82, 2.24) is 0 Å². The second-order valence-corrected chi connectivity index (χ2v) is 8.30. The Labute approximate surface area is 183 Å². The SMILES string of the molecule is CCC(C)Oc1ccc(PC(=O)c2c(C)cccc2C)c(OC(C)CC)c1.[Li]. The first kappa shape index (κ1) is 24.8. The van der Waals surface area contributed by atoms with E-state index in [-0.39, 0.29) is 45.2 Å². The Kier molecular flexibility index (Phi) is 10.3. The monoisotopic (exact) mass is 393 g/mol.